The van der Waals surface area contributed by atoms with Crippen LogP contribution in [0.2, 0.25) is 0 Å². The van der Waals surface area contributed by atoms with Gasteiger partial charge in [-0.3, -0.25) is 0 Å². The zero-order chi connectivity index (χ0) is 13.5. The highest BCUT2D eigenvalue weighted by atomic mass is 127. The highest BCUT2D eigenvalue weighted by Gasteiger charge is 2.19. The Morgan fingerprint density at radius 1 is 1.11 bits per heavy atom. The van der Waals surface area contributed by atoms with Crippen LogP contribution in [-0.4, -0.2) is 12.6 Å². The third-order valence-electron chi connectivity index (χ3n) is 3.71. The molecule has 1 aromatic rings. The Labute approximate surface area is 126 Å². The molecule has 1 nitrogen and oxygen atoms in total. The van der Waals surface area contributed by atoms with Gasteiger partial charge in [-0.25, -0.2) is 0 Å². The fourth-order valence-electron chi connectivity index (χ4n) is 2.11. The minimum atomic E-state index is 0.588. The molecule has 0 heterocycles. The van der Waals surface area contributed by atoms with Crippen LogP contribution in [0.25, 0.3) is 0 Å². The average molecular weight is 359 g/mol. The van der Waals surface area contributed by atoms with E-state index >= 15 is 0 Å². The second-order valence-electron chi connectivity index (χ2n) is 5.49. The van der Waals surface area contributed by atoms with E-state index in [1.807, 2.05) is 0 Å². The van der Waals surface area contributed by atoms with Crippen molar-refractivity contribution in [2.75, 3.05) is 6.54 Å². The van der Waals surface area contributed by atoms with Gasteiger partial charge < -0.3 is 5.32 Å². The summed E-state index contributed by atoms with van der Waals surface area (Å²) in [6.45, 7) is 10.4. The van der Waals surface area contributed by atoms with Gasteiger partial charge in [-0.05, 0) is 71.5 Å². The first-order valence-corrected chi connectivity index (χ1v) is 8.10. The van der Waals surface area contributed by atoms with Crippen LogP contribution >= 0.6 is 22.6 Å². The summed E-state index contributed by atoms with van der Waals surface area (Å²) in [5.74, 6) is 1.43. The summed E-state index contributed by atoms with van der Waals surface area (Å²) in [6.07, 6.45) is 2.34. The number of rotatable bonds is 7. The SMILES string of the molecule is CCCNC(Cc1ccc(I)cc1)C(C)C(C)C. The number of halogens is 1. The lowest BCUT2D eigenvalue weighted by molar-refractivity contribution is 0.297. The summed E-state index contributed by atoms with van der Waals surface area (Å²) in [5, 5.41) is 3.71. The van der Waals surface area contributed by atoms with Crippen LogP contribution < -0.4 is 5.32 Å². The van der Waals surface area contributed by atoms with Crippen LogP contribution in [0.5, 0.6) is 0 Å². The Bertz CT molecular complexity index is 331. The maximum Gasteiger partial charge on any atom is 0.0135 e. The molecule has 102 valence electrons. The maximum atomic E-state index is 3.71. The van der Waals surface area contributed by atoms with Crippen LogP contribution in [0.1, 0.15) is 39.7 Å². The lowest BCUT2D eigenvalue weighted by Crippen LogP contribution is -2.39. The predicted molar refractivity (Wildman–Crippen MR) is 88.9 cm³/mol. The molecule has 0 spiro atoms. The number of benzene rings is 1. The van der Waals surface area contributed by atoms with Crippen molar-refractivity contribution in [1.82, 2.24) is 5.32 Å². The van der Waals surface area contributed by atoms with Gasteiger partial charge in [0.05, 0.1) is 0 Å². The molecule has 2 heteroatoms. The van der Waals surface area contributed by atoms with E-state index in [1.165, 1.54) is 15.6 Å². The monoisotopic (exact) mass is 359 g/mol. The molecular formula is C16H26IN. The third-order valence-corrected chi connectivity index (χ3v) is 4.43. The molecular weight excluding hydrogens is 333 g/mol. The minimum Gasteiger partial charge on any atom is -0.313 e. The summed E-state index contributed by atoms with van der Waals surface area (Å²) in [6, 6.07) is 9.51. The summed E-state index contributed by atoms with van der Waals surface area (Å²) < 4.78 is 1.31. The zero-order valence-corrected chi connectivity index (χ0v) is 14.2. The first-order chi connectivity index (χ1) is 8.54. The molecule has 0 amide bonds. The van der Waals surface area contributed by atoms with Crippen LogP contribution in [0.4, 0.5) is 0 Å². The molecule has 0 fully saturated rings. The first-order valence-electron chi connectivity index (χ1n) is 7.02. The van der Waals surface area contributed by atoms with Crippen LogP contribution in [0, 0.1) is 15.4 Å². The Hall–Kier alpha value is -0.0900. The Kier molecular flexibility index (Phi) is 7.23. The van der Waals surface area contributed by atoms with E-state index in [9.17, 15) is 0 Å². The second-order valence-corrected chi connectivity index (χ2v) is 6.74. The fraction of sp³-hybridized carbons (Fsp3) is 0.625. The van der Waals surface area contributed by atoms with Crippen LogP contribution in [0.3, 0.4) is 0 Å². The van der Waals surface area contributed by atoms with E-state index < -0.39 is 0 Å². The van der Waals surface area contributed by atoms with E-state index in [0.717, 1.165) is 18.9 Å². The van der Waals surface area contributed by atoms with E-state index in [4.69, 9.17) is 0 Å². The molecule has 0 bridgehead atoms. The van der Waals surface area contributed by atoms with Gasteiger partial charge in [0.25, 0.3) is 0 Å². The van der Waals surface area contributed by atoms with Crippen molar-refractivity contribution < 1.29 is 0 Å². The Morgan fingerprint density at radius 2 is 1.72 bits per heavy atom. The van der Waals surface area contributed by atoms with E-state index in [2.05, 4.69) is 79.9 Å². The van der Waals surface area contributed by atoms with Gasteiger partial charge >= 0.3 is 0 Å². The normalized spacial score (nSPS) is 14.8. The molecule has 18 heavy (non-hydrogen) atoms. The predicted octanol–water partition coefficient (Wildman–Crippen LogP) is 4.49. The molecule has 0 aliphatic carbocycles. The lowest BCUT2D eigenvalue weighted by atomic mass is 9.86. The molecule has 1 aromatic carbocycles. The topological polar surface area (TPSA) is 12.0 Å². The fourth-order valence-corrected chi connectivity index (χ4v) is 2.47. The molecule has 0 aliphatic rings. The van der Waals surface area contributed by atoms with E-state index in [-0.39, 0.29) is 0 Å². The highest BCUT2D eigenvalue weighted by Crippen LogP contribution is 2.19. The average Bonchev–Trinajstić information content (AvgIpc) is 2.35. The van der Waals surface area contributed by atoms with Crippen molar-refractivity contribution in [3.05, 3.63) is 33.4 Å². The number of hydrogen-bond acceptors (Lipinski definition) is 1. The molecule has 0 aromatic heterocycles. The highest BCUT2D eigenvalue weighted by molar-refractivity contribution is 14.1. The van der Waals surface area contributed by atoms with Gasteiger partial charge in [0, 0.05) is 9.61 Å². The third kappa shape index (κ3) is 5.27. The summed E-state index contributed by atoms with van der Waals surface area (Å²) >= 11 is 2.36. The zero-order valence-electron chi connectivity index (χ0n) is 12.0. The van der Waals surface area contributed by atoms with Crippen molar-refractivity contribution in [1.29, 1.82) is 0 Å². The van der Waals surface area contributed by atoms with Gasteiger partial charge in [0.15, 0.2) is 0 Å². The molecule has 0 radical (unpaired) electrons. The van der Waals surface area contributed by atoms with E-state index in [0.29, 0.717) is 12.0 Å². The molecule has 0 aliphatic heterocycles. The minimum absolute atomic E-state index is 0.588. The van der Waals surface area contributed by atoms with Crippen molar-refractivity contribution >= 4 is 22.6 Å². The Morgan fingerprint density at radius 3 is 2.22 bits per heavy atom. The number of hydrogen-bond donors (Lipinski definition) is 1. The maximum absolute atomic E-state index is 3.71. The lowest BCUT2D eigenvalue weighted by Gasteiger charge is -2.28. The molecule has 1 rings (SSSR count). The van der Waals surface area contributed by atoms with Gasteiger partial charge in [0.1, 0.15) is 0 Å². The summed E-state index contributed by atoms with van der Waals surface area (Å²) in [7, 11) is 0. The van der Waals surface area contributed by atoms with Crippen LogP contribution in [0.15, 0.2) is 24.3 Å². The second kappa shape index (κ2) is 8.16. The van der Waals surface area contributed by atoms with Gasteiger partial charge in [-0.2, -0.15) is 0 Å². The molecule has 0 saturated heterocycles. The molecule has 0 saturated carbocycles. The van der Waals surface area contributed by atoms with Crippen molar-refractivity contribution in [2.45, 2.75) is 46.6 Å². The first kappa shape index (κ1) is 16.0. The largest absolute Gasteiger partial charge is 0.313 e. The summed E-state index contributed by atoms with van der Waals surface area (Å²) in [5.41, 5.74) is 1.44. The van der Waals surface area contributed by atoms with Gasteiger partial charge in [0.2, 0.25) is 0 Å². The van der Waals surface area contributed by atoms with Crippen molar-refractivity contribution in [3.8, 4) is 0 Å². The van der Waals surface area contributed by atoms with Gasteiger partial charge in [-0.1, -0.05) is 39.8 Å². The smallest absolute Gasteiger partial charge is 0.0135 e. The molecule has 2 atom stereocenters. The van der Waals surface area contributed by atoms with Crippen molar-refractivity contribution in [3.63, 3.8) is 0 Å². The molecule has 2 unspecified atom stereocenters. The standard InChI is InChI=1S/C16H26IN/c1-5-10-18-16(13(4)12(2)3)11-14-6-8-15(17)9-7-14/h6-9,12-13,16,18H,5,10-11H2,1-4H3. The molecule has 1 N–H and O–H groups in total. The Balaban J connectivity index is 2.68. The van der Waals surface area contributed by atoms with Gasteiger partial charge in [-0.15, -0.1) is 0 Å². The number of nitrogens with one attached hydrogen (secondary N) is 1. The van der Waals surface area contributed by atoms with Crippen LogP contribution in [-0.2, 0) is 6.42 Å². The van der Waals surface area contributed by atoms with Crippen molar-refractivity contribution in [2.24, 2.45) is 11.8 Å². The summed E-state index contributed by atoms with van der Waals surface area (Å²) in [4.78, 5) is 0. The van der Waals surface area contributed by atoms with E-state index in [1.54, 1.807) is 0 Å². The quantitative estimate of drug-likeness (QED) is 0.707.